The van der Waals surface area contributed by atoms with Crippen molar-refractivity contribution in [3.63, 3.8) is 0 Å². The lowest BCUT2D eigenvalue weighted by Crippen LogP contribution is -2.23. The van der Waals surface area contributed by atoms with Crippen molar-refractivity contribution in [2.45, 2.75) is 11.4 Å². The molecule has 1 N–H and O–H groups in total. The van der Waals surface area contributed by atoms with E-state index in [9.17, 15) is 13.2 Å². The SMILES string of the molecule is CN(C)S(=O)(=O)c1ccc(Cl)c(C(=O)Nc2ccnn2Cc2cccc(Cl)c2Cl)c1. The van der Waals surface area contributed by atoms with Crippen molar-refractivity contribution in [1.29, 1.82) is 0 Å². The van der Waals surface area contributed by atoms with Crippen LogP contribution < -0.4 is 5.32 Å². The number of halogens is 3. The monoisotopic (exact) mass is 486 g/mol. The van der Waals surface area contributed by atoms with Crippen LogP contribution in [0, 0.1) is 0 Å². The zero-order valence-electron chi connectivity index (χ0n) is 15.9. The Bertz CT molecular complexity index is 1210. The second-order valence-corrected chi connectivity index (χ2v) is 9.81. The lowest BCUT2D eigenvalue weighted by atomic mass is 10.2. The molecule has 0 bridgehead atoms. The fourth-order valence-electron chi connectivity index (χ4n) is 2.63. The Morgan fingerprint density at radius 1 is 1.10 bits per heavy atom. The molecule has 0 aliphatic heterocycles. The summed E-state index contributed by atoms with van der Waals surface area (Å²) in [5, 5.41) is 7.83. The number of anilines is 1. The van der Waals surface area contributed by atoms with Crippen LogP contribution in [0.1, 0.15) is 15.9 Å². The molecule has 0 radical (unpaired) electrons. The predicted molar refractivity (Wildman–Crippen MR) is 118 cm³/mol. The minimum atomic E-state index is -3.72. The minimum absolute atomic E-state index is 0.0214. The summed E-state index contributed by atoms with van der Waals surface area (Å²) in [4.78, 5) is 12.8. The molecule has 7 nitrogen and oxygen atoms in total. The molecule has 3 rings (SSSR count). The van der Waals surface area contributed by atoms with Gasteiger partial charge < -0.3 is 5.32 Å². The summed E-state index contributed by atoms with van der Waals surface area (Å²) in [6.45, 7) is 0.269. The van der Waals surface area contributed by atoms with Gasteiger partial charge in [-0.15, -0.1) is 0 Å². The second-order valence-electron chi connectivity index (χ2n) is 6.47. The van der Waals surface area contributed by atoms with E-state index in [1.807, 2.05) is 0 Å². The summed E-state index contributed by atoms with van der Waals surface area (Å²) in [5.74, 6) is -0.192. The molecule has 1 amide bonds. The minimum Gasteiger partial charge on any atom is -0.307 e. The van der Waals surface area contributed by atoms with E-state index < -0.39 is 15.9 Å². The lowest BCUT2D eigenvalue weighted by Gasteiger charge is -2.14. The Labute approximate surface area is 189 Å². The third-order valence-corrected chi connectivity index (χ3v) is 7.27. The summed E-state index contributed by atoms with van der Waals surface area (Å²) in [6, 6.07) is 10.8. The molecule has 30 heavy (non-hydrogen) atoms. The summed E-state index contributed by atoms with van der Waals surface area (Å²) in [7, 11) is -0.908. The molecule has 158 valence electrons. The highest BCUT2D eigenvalue weighted by Crippen LogP contribution is 2.27. The molecule has 0 saturated carbocycles. The molecule has 3 aromatic rings. The van der Waals surface area contributed by atoms with Gasteiger partial charge in [0.05, 0.1) is 38.3 Å². The van der Waals surface area contributed by atoms with E-state index in [0.29, 0.717) is 15.9 Å². The Hall–Kier alpha value is -2.10. The zero-order valence-corrected chi connectivity index (χ0v) is 19.0. The molecule has 2 aromatic carbocycles. The van der Waals surface area contributed by atoms with Gasteiger partial charge in [0.2, 0.25) is 10.0 Å². The Balaban J connectivity index is 1.88. The summed E-state index contributed by atoms with van der Waals surface area (Å²) >= 11 is 18.4. The van der Waals surface area contributed by atoms with Crippen molar-refractivity contribution in [3.05, 3.63) is 74.9 Å². The maximum absolute atomic E-state index is 12.8. The molecule has 1 aromatic heterocycles. The summed E-state index contributed by atoms with van der Waals surface area (Å²) < 4.78 is 27.3. The number of hydrogen-bond donors (Lipinski definition) is 1. The van der Waals surface area contributed by atoms with E-state index in [1.165, 1.54) is 43.2 Å². The van der Waals surface area contributed by atoms with E-state index in [1.54, 1.807) is 24.3 Å². The van der Waals surface area contributed by atoms with Crippen molar-refractivity contribution in [3.8, 4) is 0 Å². The number of amides is 1. The van der Waals surface area contributed by atoms with Crippen LogP contribution in [0.3, 0.4) is 0 Å². The fraction of sp³-hybridized carbons (Fsp3) is 0.158. The average molecular weight is 488 g/mol. The van der Waals surface area contributed by atoms with E-state index in [2.05, 4.69) is 10.4 Å². The first kappa shape index (κ1) is 22.6. The number of rotatable bonds is 6. The molecule has 0 aliphatic carbocycles. The van der Waals surface area contributed by atoms with Gasteiger partial charge in [0, 0.05) is 20.2 Å². The number of nitrogens with one attached hydrogen (secondary N) is 1. The first-order valence-electron chi connectivity index (χ1n) is 8.59. The molecule has 0 saturated heterocycles. The third kappa shape index (κ3) is 4.63. The molecule has 0 fully saturated rings. The third-order valence-electron chi connectivity index (χ3n) is 4.27. The number of carbonyl (C=O) groups excluding carboxylic acids is 1. The number of carbonyl (C=O) groups is 1. The summed E-state index contributed by atoms with van der Waals surface area (Å²) in [6.07, 6.45) is 1.52. The van der Waals surface area contributed by atoms with Gasteiger partial charge in [0.15, 0.2) is 0 Å². The van der Waals surface area contributed by atoms with Crippen molar-refractivity contribution in [2.75, 3.05) is 19.4 Å². The van der Waals surface area contributed by atoms with Gasteiger partial charge in [-0.25, -0.2) is 17.4 Å². The lowest BCUT2D eigenvalue weighted by molar-refractivity contribution is 0.102. The Morgan fingerprint density at radius 3 is 2.53 bits per heavy atom. The van der Waals surface area contributed by atoms with Gasteiger partial charge in [-0.2, -0.15) is 5.10 Å². The van der Waals surface area contributed by atoms with E-state index in [4.69, 9.17) is 34.8 Å². The highest BCUT2D eigenvalue weighted by atomic mass is 35.5. The standard InChI is InChI=1S/C19H17Cl3N4O3S/c1-25(2)30(28,29)13-6-7-15(20)14(10-13)19(27)24-17-8-9-23-26(17)11-12-4-3-5-16(21)18(12)22/h3-10H,11H2,1-2H3,(H,24,27). The van der Waals surface area contributed by atoms with Crippen LogP contribution in [0.4, 0.5) is 5.82 Å². The fourth-order valence-corrected chi connectivity index (χ4v) is 4.14. The molecular weight excluding hydrogens is 471 g/mol. The largest absolute Gasteiger partial charge is 0.307 e. The van der Waals surface area contributed by atoms with Crippen molar-refractivity contribution in [2.24, 2.45) is 0 Å². The first-order valence-corrected chi connectivity index (χ1v) is 11.2. The molecule has 0 unspecified atom stereocenters. The maximum Gasteiger partial charge on any atom is 0.258 e. The molecule has 11 heteroatoms. The normalized spacial score (nSPS) is 11.7. The average Bonchev–Trinajstić information content (AvgIpc) is 3.12. The Morgan fingerprint density at radius 2 is 1.83 bits per heavy atom. The molecule has 0 atom stereocenters. The number of sulfonamides is 1. The van der Waals surface area contributed by atoms with Crippen LogP contribution in [-0.2, 0) is 16.6 Å². The quantitative estimate of drug-likeness (QED) is 0.559. The first-order chi connectivity index (χ1) is 14.1. The predicted octanol–water partition coefficient (Wildman–Crippen LogP) is 4.39. The molecule has 1 heterocycles. The van der Waals surface area contributed by atoms with E-state index in [-0.39, 0.29) is 22.0 Å². The van der Waals surface area contributed by atoms with Gasteiger partial charge in [0.1, 0.15) is 5.82 Å². The molecule has 0 aliphatic rings. The second kappa shape index (κ2) is 8.95. The van der Waals surface area contributed by atoms with Crippen LogP contribution >= 0.6 is 34.8 Å². The highest BCUT2D eigenvalue weighted by molar-refractivity contribution is 7.89. The highest BCUT2D eigenvalue weighted by Gasteiger charge is 2.21. The van der Waals surface area contributed by atoms with Crippen LogP contribution in [0.25, 0.3) is 0 Å². The van der Waals surface area contributed by atoms with Crippen LogP contribution in [0.2, 0.25) is 15.1 Å². The van der Waals surface area contributed by atoms with Crippen LogP contribution in [0.5, 0.6) is 0 Å². The van der Waals surface area contributed by atoms with Crippen LogP contribution in [0.15, 0.2) is 53.6 Å². The molecular formula is C19H17Cl3N4O3S. The number of hydrogen-bond acceptors (Lipinski definition) is 4. The number of nitrogens with zero attached hydrogens (tertiary/aromatic N) is 3. The summed E-state index contributed by atoms with van der Waals surface area (Å²) in [5.41, 5.74) is 0.744. The van der Waals surface area contributed by atoms with Crippen molar-refractivity contribution in [1.82, 2.24) is 14.1 Å². The van der Waals surface area contributed by atoms with Gasteiger partial charge in [-0.1, -0.05) is 46.9 Å². The van der Waals surface area contributed by atoms with Gasteiger partial charge >= 0.3 is 0 Å². The van der Waals surface area contributed by atoms with E-state index >= 15 is 0 Å². The van der Waals surface area contributed by atoms with Gasteiger partial charge in [0.25, 0.3) is 5.91 Å². The number of benzene rings is 2. The van der Waals surface area contributed by atoms with Crippen LogP contribution in [-0.4, -0.2) is 42.5 Å². The van der Waals surface area contributed by atoms with Crippen molar-refractivity contribution >= 4 is 56.6 Å². The number of aromatic nitrogens is 2. The zero-order chi connectivity index (χ0) is 22.1. The van der Waals surface area contributed by atoms with E-state index in [0.717, 1.165) is 9.87 Å². The van der Waals surface area contributed by atoms with Gasteiger partial charge in [-0.3, -0.25) is 4.79 Å². The maximum atomic E-state index is 12.8. The van der Waals surface area contributed by atoms with Crippen molar-refractivity contribution < 1.29 is 13.2 Å². The Kier molecular flexibility index (Phi) is 6.74. The molecule has 0 spiro atoms. The topological polar surface area (TPSA) is 84.3 Å². The van der Waals surface area contributed by atoms with Gasteiger partial charge in [-0.05, 0) is 29.8 Å². The smallest absolute Gasteiger partial charge is 0.258 e.